The van der Waals surface area contributed by atoms with Gasteiger partial charge in [-0.3, -0.25) is 4.79 Å². The van der Waals surface area contributed by atoms with Crippen molar-refractivity contribution in [2.24, 2.45) is 11.8 Å². The van der Waals surface area contributed by atoms with Gasteiger partial charge >= 0.3 is 0 Å². The molecule has 1 aliphatic carbocycles. The summed E-state index contributed by atoms with van der Waals surface area (Å²) in [6.07, 6.45) is 0.00880. The summed E-state index contributed by atoms with van der Waals surface area (Å²) in [6.45, 7) is 1.94. The van der Waals surface area contributed by atoms with Gasteiger partial charge in [0, 0.05) is 29.7 Å². The molecule has 2 N–H and O–H groups in total. The van der Waals surface area contributed by atoms with Crippen molar-refractivity contribution in [3.05, 3.63) is 34.6 Å². The van der Waals surface area contributed by atoms with E-state index < -0.39 is 5.82 Å². The van der Waals surface area contributed by atoms with Gasteiger partial charge in [-0.25, -0.2) is 4.39 Å². The van der Waals surface area contributed by atoms with Gasteiger partial charge in [0.2, 0.25) is 5.91 Å². The van der Waals surface area contributed by atoms with Crippen LogP contribution in [0.3, 0.4) is 0 Å². The molecule has 104 valence electrons. The second-order valence-corrected chi connectivity index (χ2v) is 5.36. The van der Waals surface area contributed by atoms with Crippen LogP contribution in [0.4, 0.5) is 4.39 Å². The highest BCUT2D eigenvalue weighted by atomic mass is 35.5. The zero-order valence-corrected chi connectivity index (χ0v) is 11.7. The van der Waals surface area contributed by atoms with Crippen LogP contribution in [0.5, 0.6) is 0 Å². The first-order valence-corrected chi connectivity index (χ1v) is 6.47. The van der Waals surface area contributed by atoms with Crippen LogP contribution in [0.2, 0.25) is 5.02 Å². The minimum absolute atomic E-state index is 0. The highest BCUT2D eigenvalue weighted by Gasteiger charge is 2.53. The minimum Gasteiger partial charge on any atom is -0.352 e. The fourth-order valence-electron chi connectivity index (χ4n) is 2.73. The Kier molecular flexibility index (Phi) is 4.33. The molecule has 0 aromatic heterocycles. The van der Waals surface area contributed by atoms with Gasteiger partial charge in [0.15, 0.2) is 0 Å². The van der Waals surface area contributed by atoms with Crippen molar-refractivity contribution in [2.75, 3.05) is 13.1 Å². The number of carbonyl (C=O) groups is 1. The lowest BCUT2D eigenvalue weighted by molar-refractivity contribution is -0.120. The third-order valence-corrected chi connectivity index (χ3v) is 4.17. The molecule has 19 heavy (non-hydrogen) atoms. The molecule has 2 fully saturated rings. The maximum absolute atomic E-state index is 13.5. The Morgan fingerprint density at radius 2 is 2.11 bits per heavy atom. The Hall–Kier alpha value is -0.840. The Balaban J connectivity index is 0.00000133. The van der Waals surface area contributed by atoms with Gasteiger partial charge in [0.05, 0.1) is 6.42 Å². The Morgan fingerprint density at radius 1 is 1.42 bits per heavy atom. The summed E-state index contributed by atoms with van der Waals surface area (Å²) < 4.78 is 13.5. The summed E-state index contributed by atoms with van der Waals surface area (Å²) in [5, 5.41) is 6.52. The van der Waals surface area contributed by atoms with E-state index in [2.05, 4.69) is 10.6 Å². The maximum Gasteiger partial charge on any atom is 0.224 e. The molecule has 1 saturated heterocycles. The summed E-state index contributed by atoms with van der Waals surface area (Å²) in [7, 11) is 0. The third kappa shape index (κ3) is 2.86. The van der Waals surface area contributed by atoms with Crippen molar-refractivity contribution in [3.8, 4) is 0 Å². The second kappa shape index (κ2) is 5.65. The van der Waals surface area contributed by atoms with E-state index in [0.717, 1.165) is 13.1 Å². The van der Waals surface area contributed by atoms with Crippen LogP contribution in [0.25, 0.3) is 0 Å². The number of hydrogen-bond acceptors (Lipinski definition) is 2. The van der Waals surface area contributed by atoms with Crippen LogP contribution in [0.15, 0.2) is 18.2 Å². The highest BCUT2D eigenvalue weighted by Crippen LogP contribution is 2.41. The largest absolute Gasteiger partial charge is 0.352 e. The lowest BCUT2D eigenvalue weighted by Crippen LogP contribution is -2.33. The lowest BCUT2D eigenvalue weighted by atomic mass is 10.1. The van der Waals surface area contributed by atoms with Crippen LogP contribution in [0.1, 0.15) is 5.56 Å². The van der Waals surface area contributed by atoms with Gasteiger partial charge < -0.3 is 10.6 Å². The Labute approximate surface area is 122 Å². The van der Waals surface area contributed by atoms with E-state index in [1.807, 2.05) is 0 Å². The van der Waals surface area contributed by atoms with E-state index in [-0.39, 0.29) is 36.3 Å². The maximum atomic E-state index is 13.5. The van der Waals surface area contributed by atoms with E-state index >= 15 is 0 Å². The SMILES string of the molecule is Cl.O=C(Cc1c(F)cccc1Cl)NC1C2CNCC21. The molecule has 2 atom stereocenters. The molecule has 2 aliphatic rings. The monoisotopic (exact) mass is 304 g/mol. The molecule has 2 unspecified atom stereocenters. The summed E-state index contributed by atoms with van der Waals surface area (Å²) in [5.74, 6) is 0.548. The summed E-state index contributed by atoms with van der Waals surface area (Å²) in [5.41, 5.74) is 0.278. The van der Waals surface area contributed by atoms with Gasteiger partial charge in [0.25, 0.3) is 0 Å². The van der Waals surface area contributed by atoms with E-state index in [1.165, 1.54) is 12.1 Å². The summed E-state index contributed by atoms with van der Waals surface area (Å²) >= 11 is 5.89. The topological polar surface area (TPSA) is 41.1 Å². The van der Waals surface area contributed by atoms with Crippen LogP contribution in [-0.4, -0.2) is 25.0 Å². The second-order valence-electron chi connectivity index (χ2n) is 4.96. The number of fused-ring (bicyclic) bond motifs is 1. The molecule has 1 aromatic rings. The van der Waals surface area contributed by atoms with E-state index in [1.54, 1.807) is 6.07 Å². The molecule has 0 bridgehead atoms. The van der Waals surface area contributed by atoms with Crippen molar-refractivity contribution < 1.29 is 9.18 Å². The Morgan fingerprint density at radius 3 is 2.74 bits per heavy atom. The number of nitrogens with one attached hydrogen (secondary N) is 2. The first-order valence-electron chi connectivity index (χ1n) is 6.10. The molecule has 1 amide bonds. The minimum atomic E-state index is -0.421. The van der Waals surface area contributed by atoms with E-state index in [4.69, 9.17) is 11.6 Å². The van der Waals surface area contributed by atoms with Crippen molar-refractivity contribution in [1.29, 1.82) is 0 Å². The molecule has 1 aromatic carbocycles. The van der Waals surface area contributed by atoms with Crippen LogP contribution in [-0.2, 0) is 11.2 Å². The highest BCUT2D eigenvalue weighted by molar-refractivity contribution is 6.31. The normalized spacial score (nSPS) is 27.4. The zero-order chi connectivity index (χ0) is 12.7. The molecule has 1 aliphatic heterocycles. The number of benzene rings is 1. The molecule has 3 nitrogen and oxygen atoms in total. The van der Waals surface area contributed by atoms with Gasteiger partial charge in [0.1, 0.15) is 5.82 Å². The number of halogens is 3. The number of piperidine rings is 1. The van der Waals surface area contributed by atoms with Gasteiger partial charge in [-0.1, -0.05) is 17.7 Å². The quantitative estimate of drug-likeness (QED) is 0.894. The smallest absolute Gasteiger partial charge is 0.224 e. The average Bonchev–Trinajstić information content (AvgIpc) is 2.76. The predicted molar refractivity (Wildman–Crippen MR) is 74.1 cm³/mol. The number of carbonyl (C=O) groups excluding carboxylic acids is 1. The van der Waals surface area contributed by atoms with Crippen molar-refractivity contribution in [3.63, 3.8) is 0 Å². The molecule has 0 spiro atoms. The van der Waals surface area contributed by atoms with Gasteiger partial charge in [-0.05, 0) is 24.0 Å². The van der Waals surface area contributed by atoms with Gasteiger partial charge in [-0.15, -0.1) is 12.4 Å². The van der Waals surface area contributed by atoms with Crippen LogP contribution >= 0.6 is 24.0 Å². The van der Waals surface area contributed by atoms with Crippen LogP contribution < -0.4 is 10.6 Å². The third-order valence-electron chi connectivity index (χ3n) is 3.82. The predicted octanol–water partition coefficient (Wildman–Crippen LogP) is 1.78. The van der Waals surface area contributed by atoms with Crippen molar-refractivity contribution in [1.82, 2.24) is 10.6 Å². The van der Waals surface area contributed by atoms with Crippen molar-refractivity contribution >= 4 is 29.9 Å². The first kappa shape index (κ1) is 14.6. The molecular formula is C13H15Cl2FN2O. The average molecular weight is 305 g/mol. The lowest BCUT2D eigenvalue weighted by Gasteiger charge is -2.09. The van der Waals surface area contributed by atoms with Crippen molar-refractivity contribution in [2.45, 2.75) is 12.5 Å². The number of amides is 1. The number of rotatable bonds is 3. The Bertz CT molecular complexity index is 467. The molecule has 6 heteroatoms. The number of hydrogen-bond donors (Lipinski definition) is 2. The fourth-order valence-corrected chi connectivity index (χ4v) is 2.96. The van der Waals surface area contributed by atoms with Gasteiger partial charge in [-0.2, -0.15) is 0 Å². The fraction of sp³-hybridized carbons (Fsp3) is 0.462. The molecule has 0 radical (unpaired) electrons. The zero-order valence-electron chi connectivity index (χ0n) is 10.2. The van der Waals surface area contributed by atoms with Crippen LogP contribution in [0, 0.1) is 17.7 Å². The summed E-state index contributed by atoms with van der Waals surface area (Å²) in [4.78, 5) is 11.8. The molecular weight excluding hydrogens is 290 g/mol. The molecule has 1 heterocycles. The standard InChI is InChI=1S/C13H14ClFN2O.ClH/c14-10-2-1-3-11(15)7(10)4-12(18)17-13-8-5-16-6-9(8)13;/h1-3,8-9,13,16H,4-6H2,(H,17,18);1H. The van der Waals surface area contributed by atoms with E-state index in [9.17, 15) is 9.18 Å². The van der Waals surface area contributed by atoms with E-state index in [0.29, 0.717) is 16.9 Å². The first-order chi connectivity index (χ1) is 8.66. The molecule has 3 rings (SSSR count). The molecule has 1 saturated carbocycles. The summed E-state index contributed by atoms with van der Waals surface area (Å²) in [6, 6.07) is 4.73.